The van der Waals surface area contributed by atoms with Crippen LogP contribution in [-0.2, 0) is 20.5 Å². The summed E-state index contributed by atoms with van der Waals surface area (Å²) in [5, 5.41) is 4.02. The zero-order chi connectivity index (χ0) is 18.6. The first kappa shape index (κ1) is 18.4. The van der Waals surface area contributed by atoms with Crippen molar-refractivity contribution in [2.24, 2.45) is 0 Å². The van der Waals surface area contributed by atoms with Crippen LogP contribution < -0.4 is 0 Å². The standard InChI is InChI=1S/C14H12F3N3O5/c1-23-10(21)7-20(24-2)12(22)9-5-3-8(4-6-9)11-18-13(25-19-11)14(15,16)17/h3-6H,7H2,1-2H3. The fourth-order valence-electron chi connectivity index (χ4n) is 1.76. The first-order valence-electron chi connectivity index (χ1n) is 6.70. The molecule has 2 aromatic rings. The van der Waals surface area contributed by atoms with E-state index in [0.717, 1.165) is 12.2 Å². The van der Waals surface area contributed by atoms with Gasteiger partial charge in [0.05, 0.1) is 14.2 Å². The van der Waals surface area contributed by atoms with Crippen LogP contribution in [0.4, 0.5) is 13.2 Å². The average Bonchev–Trinajstić information content (AvgIpc) is 3.09. The number of hydrogen-bond donors (Lipinski definition) is 0. The van der Waals surface area contributed by atoms with Crippen molar-refractivity contribution in [1.82, 2.24) is 15.2 Å². The lowest BCUT2D eigenvalue weighted by molar-refractivity contribution is -0.159. The van der Waals surface area contributed by atoms with Gasteiger partial charge in [0.15, 0.2) is 0 Å². The van der Waals surface area contributed by atoms with Gasteiger partial charge in [0.1, 0.15) is 6.54 Å². The van der Waals surface area contributed by atoms with Crippen molar-refractivity contribution >= 4 is 11.9 Å². The topological polar surface area (TPSA) is 94.8 Å². The van der Waals surface area contributed by atoms with Crippen LogP contribution in [0.15, 0.2) is 28.8 Å². The zero-order valence-electron chi connectivity index (χ0n) is 13.0. The minimum Gasteiger partial charge on any atom is -0.468 e. The maximum atomic E-state index is 12.5. The lowest BCUT2D eigenvalue weighted by Crippen LogP contribution is -2.35. The highest BCUT2D eigenvalue weighted by Crippen LogP contribution is 2.29. The number of aromatic nitrogens is 2. The Bertz CT molecular complexity index is 758. The zero-order valence-corrected chi connectivity index (χ0v) is 13.0. The van der Waals surface area contributed by atoms with Gasteiger partial charge in [-0.25, -0.2) is 5.06 Å². The van der Waals surface area contributed by atoms with Crippen LogP contribution in [0, 0.1) is 0 Å². The molecule has 134 valence electrons. The summed E-state index contributed by atoms with van der Waals surface area (Å²) in [6.07, 6.45) is -4.74. The molecule has 0 spiro atoms. The molecular weight excluding hydrogens is 347 g/mol. The Kier molecular flexibility index (Phi) is 5.37. The van der Waals surface area contributed by atoms with Gasteiger partial charge in [-0.2, -0.15) is 18.2 Å². The minimum atomic E-state index is -4.74. The number of hydrogen-bond acceptors (Lipinski definition) is 7. The lowest BCUT2D eigenvalue weighted by atomic mass is 10.1. The van der Waals surface area contributed by atoms with Crippen molar-refractivity contribution < 1.29 is 36.9 Å². The largest absolute Gasteiger partial charge is 0.471 e. The Morgan fingerprint density at radius 3 is 2.32 bits per heavy atom. The fourth-order valence-corrected chi connectivity index (χ4v) is 1.76. The van der Waals surface area contributed by atoms with E-state index >= 15 is 0 Å². The third-order valence-electron chi connectivity index (χ3n) is 3.01. The molecule has 25 heavy (non-hydrogen) atoms. The summed E-state index contributed by atoms with van der Waals surface area (Å²) in [4.78, 5) is 31.5. The van der Waals surface area contributed by atoms with Gasteiger partial charge in [0.25, 0.3) is 5.91 Å². The Balaban J connectivity index is 2.17. The summed E-state index contributed by atoms with van der Waals surface area (Å²) in [7, 11) is 2.36. The highest BCUT2D eigenvalue weighted by molar-refractivity contribution is 5.95. The highest BCUT2D eigenvalue weighted by atomic mass is 19.4. The summed E-state index contributed by atoms with van der Waals surface area (Å²) < 4.78 is 45.9. The third-order valence-corrected chi connectivity index (χ3v) is 3.01. The predicted octanol–water partition coefficient (Wildman–Crippen LogP) is 1.93. The summed E-state index contributed by atoms with van der Waals surface area (Å²) in [6.45, 7) is -0.423. The van der Waals surface area contributed by atoms with Crippen LogP contribution >= 0.6 is 0 Å². The molecular formula is C14H12F3N3O5. The molecule has 1 amide bonds. The van der Waals surface area contributed by atoms with E-state index in [2.05, 4.69) is 19.4 Å². The molecule has 1 heterocycles. The number of ether oxygens (including phenoxy) is 1. The third kappa shape index (κ3) is 4.32. The van der Waals surface area contributed by atoms with Crippen molar-refractivity contribution in [2.75, 3.05) is 20.8 Å². The molecule has 11 heteroatoms. The number of methoxy groups -OCH3 is 1. The number of rotatable bonds is 5. The van der Waals surface area contributed by atoms with Crippen molar-refractivity contribution in [3.8, 4) is 11.4 Å². The van der Waals surface area contributed by atoms with Gasteiger partial charge in [-0.1, -0.05) is 17.3 Å². The molecule has 1 aromatic heterocycles. The Hall–Kier alpha value is -2.95. The van der Waals surface area contributed by atoms with Gasteiger partial charge in [-0.3, -0.25) is 14.4 Å². The number of hydroxylamine groups is 2. The molecule has 8 nitrogen and oxygen atoms in total. The minimum absolute atomic E-state index is 0.133. The van der Waals surface area contributed by atoms with Crippen LogP contribution in [0.1, 0.15) is 16.2 Å². The molecule has 0 fully saturated rings. The summed E-state index contributed by atoms with van der Waals surface area (Å²) in [5.41, 5.74) is 0.349. The number of carbonyl (C=O) groups excluding carboxylic acids is 2. The Labute approximate surface area is 139 Å². The van der Waals surface area contributed by atoms with Crippen LogP contribution in [0.25, 0.3) is 11.4 Å². The van der Waals surface area contributed by atoms with Crippen molar-refractivity contribution in [1.29, 1.82) is 0 Å². The van der Waals surface area contributed by atoms with Crippen molar-refractivity contribution in [2.45, 2.75) is 6.18 Å². The molecule has 0 bridgehead atoms. The number of esters is 1. The van der Waals surface area contributed by atoms with Crippen LogP contribution in [0.5, 0.6) is 0 Å². The predicted molar refractivity (Wildman–Crippen MR) is 74.8 cm³/mol. The van der Waals surface area contributed by atoms with Gasteiger partial charge in [0, 0.05) is 11.1 Å². The molecule has 0 unspecified atom stereocenters. The maximum Gasteiger partial charge on any atom is 0.471 e. The average molecular weight is 359 g/mol. The Morgan fingerprint density at radius 1 is 1.20 bits per heavy atom. The van der Waals surface area contributed by atoms with E-state index in [9.17, 15) is 22.8 Å². The van der Waals surface area contributed by atoms with E-state index in [1.807, 2.05) is 0 Å². The normalized spacial score (nSPS) is 11.2. The Morgan fingerprint density at radius 2 is 1.84 bits per heavy atom. The van der Waals surface area contributed by atoms with E-state index in [1.54, 1.807) is 0 Å². The molecule has 1 aromatic carbocycles. The molecule has 0 radical (unpaired) electrons. The summed E-state index contributed by atoms with van der Waals surface area (Å²) in [5.74, 6) is -3.06. The quantitative estimate of drug-likeness (QED) is 0.595. The molecule has 0 aliphatic carbocycles. The molecule has 0 N–H and O–H groups in total. The van der Waals surface area contributed by atoms with Gasteiger partial charge in [0.2, 0.25) is 5.82 Å². The van der Waals surface area contributed by atoms with E-state index in [1.165, 1.54) is 31.4 Å². The second-order valence-corrected chi connectivity index (χ2v) is 4.60. The number of amides is 1. The maximum absolute atomic E-state index is 12.5. The van der Waals surface area contributed by atoms with E-state index in [4.69, 9.17) is 4.84 Å². The molecule has 0 atom stereocenters. The van der Waals surface area contributed by atoms with E-state index in [0.29, 0.717) is 0 Å². The van der Waals surface area contributed by atoms with Gasteiger partial charge in [-0.15, -0.1) is 0 Å². The molecule has 0 aliphatic heterocycles. The van der Waals surface area contributed by atoms with Gasteiger partial charge < -0.3 is 9.26 Å². The smallest absolute Gasteiger partial charge is 0.468 e. The monoisotopic (exact) mass is 359 g/mol. The number of carbonyl (C=O) groups is 2. The molecule has 0 saturated heterocycles. The fraction of sp³-hybridized carbons (Fsp3) is 0.286. The number of benzene rings is 1. The van der Waals surface area contributed by atoms with Crippen LogP contribution in [0.2, 0.25) is 0 Å². The summed E-state index contributed by atoms with van der Waals surface area (Å²) >= 11 is 0. The van der Waals surface area contributed by atoms with Gasteiger partial charge >= 0.3 is 18.0 Å². The number of alkyl halides is 3. The van der Waals surface area contributed by atoms with E-state index < -0.39 is 30.5 Å². The second-order valence-electron chi connectivity index (χ2n) is 4.60. The molecule has 0 saturated carbocycles. The van der Waals surface area contributed by atoms with Crippen molar-refractivity contribution in [3.05, 3.63) is 35.7 Å². The second kappa shape index (κ2) is 7.30. The SMILES string of the molecule is COC(=O)CN(OC)C(=O)c1ccc(-c2noc(C(F)(F)F)n2)cc1. The lowest BCUT2D eigenvalue weighted by Gasteiger charge is -2.18. The first-order chi connectivity index (χ1) is 11.8. The van der Waals surface area contributed by atoms with Crippen LogP contribution in [0.3, 0.4) is 0 Å². The highest BCUT2D eigenvalue weighted by Gasteiger charge is 2.38. The van der Waals surface area contributed by atoms with E-state index in [-0.39, 0.29) is 17.0 Å². The summed E-state index contributed by atoms with van der Waals surface area (Å²) in [6, 6.07) is 5.32. The molecule has 0 aliphatic rings. The van der Waals surface area contributed by atoms with Gasteiger partial charge in [-0.05, 0) is 12.1 Å². The first-order valence-corrected chi connectivity index (χ1v) is 6.70. The number of nitrogens with zero attached hydrogens (tertiary/aromatic N) is 3. The number of halogens is 3. The molecule has 2 rings (SSSR count). The van der Waals surface area contributed by atoms with Crippen molar-refractivity contribution in [3.63, 3.8) is 0 Å². The van der Waals surface area contributed by atoms with Crippen LogP contribution in [-0.4, -0.2) is 47.8 Å².